The summed E-state index contributed by atoms with van der Waals surface area (Å²) in [6, 6.07) is 7.71. The zero-order valence-electron chi connectivity index (χ0n) is 11.2. The lowest BCUT2D eigenvalue weighted by atomic mass is 10.2. The van der Waals surface area contributed by atoms with Crippen molar-refractivity contribution in [1.29, 1.82) is 0 Å². The fourth-order valence-corrected chi connectivity index (χ4v) is 2.67. The molecule has 19 heavy (non-hydrogen) atoms. The van der Waals surface area contributed by atoms with Crippen LogP contribution in [-0.2, 0) is 23.6 Å². The van der Waals surface area contributed by atoms with Crippen LogP contribution >= 0.6 is 0 Å². The van der Waals surface area contributed by atoms with E-state index in [-0.39, 0.29) is 11.6 Å². The van der Waals surface area contributed by atoms with Gasteiger partial charge in [-0.2, -0.15) is 0 Å². The van der Waals surface area contributed by atoms with Gasteiger partial charge < -0.3 is 4.57 Å². The first-order valence-electron chi connectivity index (χ1n) is 5.93. The van der Waals surface area contributed by atoms with E-state index in [1.54, 1.807) is 18.5 Å². The summed E-state index contributed by atoms with van der Waals surface area (Å²) in [7, 11) is -1.79. The third-order valence-electron chi connectivity index (χ3n) is 2.95. The third kappa shape index (κ3) is 3.21. The molecule has 1 aromatic heterocycles. The number of hydrogen-bond acceptors (Lipinski definition) is 3. The highest BCUT2D eigenvalue weighted by Gasteiger charge is 2.17. The summed E-state index contributed by atoms with van der Waals surface area (Å²) in [5, 5.41) is 0.0552. The molecule has 0 fully saturated rings. The molecule has 0 saturated carbocycles. The van der Waals surface area contributed by atoms with Gasteiger partial charge in [-0.3, -0.25) is 0 Å². The van der Waals surface area contributed by atoms with Crippen molar-refractivity contribution in [2.45, 2.75) is 25.4 Å². The molecule has 0 aliphatic heterocycles. The molecule has 0 atom stereocenters. The summed E-state index contributed by atoms with van der Waals surface area (Å²) in [6.45, 7) is 4.02. The average Bonchev–Trinajstić information content (AvgIpc) is 2.70. The van der Waals surface area contributed by atoms with Crippen LogP contribution in [0.25, 0.3) is 0 Å². The number of nitrogens with zero attached hydrogens (tertiary/aromatic N) is 2. The van der Waals surface area contributed by atoms with E-state index in [0.717, 1.165) is 11.1 Å². The average molecular weight is 279 g/mol. The topological polar surface area (TPSA) is 64.0 Å². The van der Waals surface area contributed by atoms with E-state index < -0.39 is 10.0 Å². The predicted molar refractivity (Wildman–Crippen MR) is 73.1 cm³/mol. The van der Waals surface area contributed by atoms with Gasteiger partial charge in [0, 0.05) is 19.8 Å². The molecule has 0 saturated heterocycles. The number of aryl methyl sites for hydroxylation is 3. The van der Waals surface area contributed by atoms with E-state index in [0.29, 0.717) is 5.82 Å². The number of rotatable bonds is 4. The van der Waals surface area contributed by atoms with E-state index in [4.69, 9.17) is 0 Å². The molecule has 1 aromatic carbocycles. The molecule has 0 amide bonds. The maximum absolute atomic E-state index is 12.1. The van der Waals surface area contributed by atoms with Crippen LogP contribution in [0.1, 0.15) is 17.0 Å². The minimum Gasteiger partial charge on any atom is -0.337 e. The molecular formula is C13H17N3O2S. The zero-order valence-corrected chi connectivity index (χ0v) is 12.0. The highest BCUT2D eigenvalue weighted by atomic mass is 32.2. The maximum atomic E-state index is 12.1. The lowest BCUT2D eigenvalue weighted by molar-refractivity contribution is 0.578. The standard InChI is InChI=1S/C13H17N3O2S/c1-10-4-6-12(7-5-10)8-14-19(17,18)13-9-16(3)11(2)15-13/h4-7,9,14H,8H2,1-3H3. The Kier molecular flexibility index (Phi) is 3.73. The molecule has 6 heteroatoms. The van der Waals surface area contributed by atoms with Crippen molar-refractivity contribution in [3.8, 4) is 0 Å². The molecular weight excluding hydrogens is 262 g/mol. The van der Waals surface area contributed by atoms with Crippen LogP contribution in [-0.4, -0.2) is 18.0 Å². The maximum Gasteiger partial charge on any atom is 0.259 e. The second kappa shape index (κ2) is 5.14. The van der Waals surface area contributed by atoms with Gasteiger partial charge in [-0.05, 0) is 19.4 Å². The minimum absolute atomic E-state index is 0.0552. The summed E-state index contributed by atoms with van der Waals surface area (Å²) in [4.78, 5) is 4.02. The lowest BCUT2D eigenvalue weighted by Crippen LogP contribution is -2.23. The van der Waals surface area contributed by atoms with E-state index in [9.17, 15) is 8.42 Å². The van der Waals surface area contributed by atoms with Gasteiger partial charge in [-0.1, -0.05) is 29.8 Å². The van der Waals surface area contributed by atoms with Crippen LogP contribution in [0.5, 0.6) is 0 Å². The Morgan fingerprint density at radius 2 is 1.84 bits per heavy atom. The molecule has 1 heterocycles. The molecule has 2 rings (SSSR count). The van der Waals surface area contributed by atoms with Crippen LogP contribution < -0.4 is 4.72 Å². The van der Waals surface area contributed by atoms with Gasteiger partial charge in [0.15, 0.2) is 5.03 Å². The normalized spacial score (nSPS) is 11.7. The Morgan fingerprint density at radius 3 is 2.37 bits per heavy atom. The first kappa shape index (κ1) is 13.8. The summed E-state index contributed by atoms with van der Waals surface area (Å²) in [5.74, 6) is 0.663. The van der Waals surface area contributed by atoms with E-state index in [1.165, 1.54) is 6.20 Å². The smallest absolute Gasteiger partial charge is 0.259 e. The Morgan fingerprint density at radius 1 is 1.21 bits per heavy atom. The first-order chi connectivity index (χ1) is 8.88. The molecule has 0 unspecified atom stereocenters. The van der Waals surface area contributed by atoms with Gasteiger partial charge in [0.25, 0.3) is 10.0 Å². The van der Waals surface area contributed by atoms with Crippen molar-refractivity contribution in [3.05, 3.63) is 47.4 Å². The van der Waals surface area contributed by atoms with E-state index >= 15 is 0 Å². The monoisotopic (exact) mass is 279 g/mol. The van der Waals surface area contributed by atoms with Crippen LogP contribution in [0.3, 0.4) is 0 Å². The van der Waals surface area contributed by atoms with Crippen LogP contribution in [0, 0.1) is 13.8 Å². The Bertz CT molecular complexity index is 653. The van der Waals surface area contributed by atoms with Crippen molar-refractivity contribution >= 4 is 10.0 Å². The van der Waals surface area contributed by atoms with Crippen LogP contribution in [0.2, 0.25) is 0 Å². The van der Waals surface area contributed by atoms with Gasteiger partial charge in [0.1, 0.15) is 5.82 Å². The number of imidazole rings is 1. The molecule has 0 radical (unpaired) electrons. The Hall–Kier alpha value is -1.66. The van der Waals surface area contributed by atoms with Crippen LogP contribution in [0.4, 0.5) is 0 Å². The lowest BCUT2D eigenvalue weighted by Gasteiger charge is -2.04. The van der Waals surface area contributed by atoms with Gasteiger partial charge >= 0.3 is 0 Å². The molecule has 5 nitrogen and oxygen atoms in total. The fourth-order valence-electron chi connectivity index (χ4n) is 1.61. The van der Waals surface area contributed by atoms with E-state index in [2.05, 4.69) is 9.71 Å². The summed E-state index contributed by atoms with van der Waals surface area (Å²) >= 11 is 0. The predicted octanol–water partition coefficient (Wildman–Crippen LogP) is 1.52. The van der Waals surface area contributed by atoms with Gasteiger partial charge in [0.05, 0.1) is 0 Å². The molecule has 102 valence electrons. The molecule has 0 bridgehead atoms. The zero-order chi connectivity index (χ0) is 14.0. The molecule has 0 spiro atoms. The largest absolute Gasteiger partial charge is 0.337 e. The number of sulfonamides is 1. The van der Waals surface area contributed by atoms with Crippen molar-refractivity contribution < 1.29 is 8.42 Å². The van der Waals surface area contributed by atoms with Gasteiger partial charge in [-0.15, -0.1) is 0 Å². The second-order valence-corrected chi connectivity index (χ2v) is 6.26. The Labute approximate surface area is 113 Å². The first-order valence-corrected chi connectivity index (χ1v) is 7.42. The number of nitrogens with one attached hydrogen (secondary N) is 1. The van der Waals surface area contributed by atoms with Crippen molar-refractivity contribution in [3.63, 3.8) is 0 Å². The second-order valence-electron chi connectivity index (χ2n) is 4.55. The van der Waals surface area contributed by atoms with Gasteiger partial charge in [-0.25, -0.2) is 18.1 Å². The van der Waals surface area contributed by atoms with Crippen LogP contribution in [0.15, 0.2) is 35.5 Å². The highest BCUT2D eigenvalue weighted by molar-refractivity contribution is 7.89. The summed E-state index contributed by atoms with van der Waals surface area (Å²) in [5.41, 5.74) is 2.06. The van der Waals surface area contributed by atoms with Crippen molar-refractivity contribution in [1.82, 2.24) is 14.3 Å². The summed E-state index contributed by atoms with van der Waals surface area (Å²) < 4.78 is 28.3. The molecule has 2 aromatic rings. The van der Waals surface area contributed by atoms with Gasteiger partial charge in [0.2, 0.25) is 0 Å². The molecule has 0 aliphatic carbocycles. The fraction of sp³-hybridized carbons (Fsp3) is 0.308. The van der Waals surface area contributed by atoms with Crippen molar-refractivity contribution in [2.75, 3.05) is 0 Å². The quantitative estimate of drug-likeness (QED) is 0.922. The molecule has 1 N–H and O–H groups in total. The number of aromatic nitrogens is 2. The minimum atomic E-state index is -3.55. The third-order valence-corrected chi connectivity index (χ3v) is 4.22. The SMILES string of the molecule is Cc1ccc(CNS(=O)(=O)c2cn(C)c(C)n2)cc1. The Balaban J connectivity index is 2.11. The molecule has 0 aliphatic rings. The van der Waals surface area contributed by atoms with E-state index in [1.807, 2.05) is 31.2 Å². The summed E-state index contributed by atoms with van der Waals surface area (Å²) in [6.07, 6.45) is 1.51. The number of benzene rings is 1. The number of hydrogen-bond donors (Lipinski definition) is 1. The van der Waals surface area contributed by atoms with Crippen molar-refractivity contribution in [2.24, 2.45) is 7.05 Å². The highest BCUT2D eigenvalue weighted by Crippen LogP contribution is 2.09.